The maximum Gasteiger partial charge on any atom is 0.349 e. The minimum Gasteiger partial charge on any atom is -0.809 e. The SMILES string of the molecule is Nc1ccn(C[C@@H](CO)OCP(=O)([O-])[O-])c(=O)n1. The third-order valence-corrected chi connectivity index (χ3v) is 2.43. The van der Waals surface area contributed by atoms with Gasteiger partial charge in [-0.3, -0.25) is 4.57 Å². The summed E-state index contributed by atoms with van der Waals surface area (Å²) in [5.74, 6) is 0.0429. The number of nitrogen functional groups attached to an aromatic ring is 1. The molecule has 1 atom stereocenters. The summed E-state index contributed by atoms with van der Waals surface area (Å²) in [6.07, 6.45) is -0.718. The average molecular weight is 277 g/mol. The van der Waals surface area contributed by atoms with E-state index in [-0.39, 0.29) is 12.4 Å². The number of rotatable bonds is 6. The average Bonchev–Trinajstić information content (AvgIpc) is 2.25. The lowest BCUT2D eigenvalue weighted by Gasteiger charge is -2.30. The third-order valence-electron chi connectivity index (χ3n) is 1.97. The Morgan fingerprint density at radius 1 is 1.61 bits per heavy atom. The molecule has 0 unspecified atom stereocenters. The molecule has 0 saturated carbocycles. The number of ether oxygens (including phenoxy) is 1. The lowest BCUT2D eigenvalue weighted by Crippen LogP contribution is -2.33. The molecule has 0 fully saturated rings. The van der Waals surface area contributed by atoms with Crippen molar-refractivity contribution in [3.05, 3.63) is 22.7 Å². The number of aliphatic hydroxyl groups excluding tert-OH is 1. The van der Waals surface area contributed by atoms with Crippen LogP contribution in [0.3, 0.4) is 0 Å². The second-order valence-corrected chi connectivity index (χ2v) is 4.98. The minimum atomic E-state index is -4.81. The van der Waals surface area contributed by atoms with E-state index in [2.05, 4.69) is 9.72 Å². The van der Waals surface area contributed by atoms with Crippen molar-refractivity contribution in [2.24, 2.45) is 0 Å². The number of aromatic nitrogens is 2. The maximum atomic E-state index is 11.3. The van der Waals surface area contributed by atoms with Crippen LogP contribution in [0.25, 0.3) is 0 Å². The van der Waals surface area contributed by atoms with Crippen molar-refractivity contribution >= 4 is 13.4 Å². The van der Waals surface area contributed by atoms with Crippen LogP contribution in [-0.2, 0) is 15.8 Å². The molecule has 1 aromatic heterocycles. The van der Waals surface area contributed by atoms with Gasteiger partial charge in [-0.2, -0.15) is 4.98 Å². The summed E-state index contributed by atoms with van der Waals surface area (Å²) < 4.78 is 16.2. The molecule has 0 aliphatic carbocycles. The molecule has 3 N–H and O–H groups in total. The van der Waals surface area contributed by atoms with Gasteiger partial charge in [0.25, 0.3) is 0 Å². The summed E-state index contributed by atoms with van der Waals surface area (Å²) in [5, 5.41) is 8.95. The van der Waals surface area contributed by atoms with E-state index in [1.807, 2.05) is 0 Å². The number of nitrogens with zero attached hydrogens (tertiary/aromatic N) is 2. The van der Waals surface area contributed by atoms with Gasteiger partial charge in [0.05, 0.1) is 25.6 Å². The first-order valence-corrected chi connectivity index (χ1v) is 6.61. The molecule has 1 rings (SSSR count). The van der Waals surface area contributed by atoms with E-state index in [1.165, 1.54) is 12.3 Å². The summed E-state index contributed by atoms with van der Waals surface area (Å²) in [7, 11) is -4.81. The summed E-state index contributed by atoms with van der Waals surface area (Å²) in [6, 6.07) is 1.36. The van der Waals surface area contributed by atoms with Crippen LogP contribution in [0.1, 0.15) is 0 Å². The van der Waals surface area contributed by atoms with E-state index in [9.17, 15) is 19.1 Å². The van der Waals surface area contributed by atoms with Crippen LogP contribution in [-0.4, -0.2) is 33.7 Å². The zero-order chi connectivity index (χ0) is 13.8. The quantitative estimate of drug-likeness (QED) is 0.524. The minimum absolute atomic E-state index is 0.0429. The summed E-state index contributed by atoms with van der Waals surface area (Å²) >= 11 is 0. The lowest BCUT2D eigenvalue weighted by atomic mass is 10.3. The number of hydrogen-bond donors (Lipinski definition) is 2. The Hall–Kier alpha value is -1.25. The van der Waals surface area contributed by atoms with Crippen molar-refractivity contribution in [1.29, 1.82) is 0 Å². The van der Waals surface area contributed by atoms with Gasteiger partial charge in [0.2, 0.25) is 0 Å². The highest BCUT2D eigenvalue weighted by atomic mass is 31.2. The molecule has 10 heteroatoms. The van der Waals surface area contributed by atoms with Crippen molar-refractivity contribution in [1.82, 2.24) is 9.55 Å². The maximum absolute atomic E-state index is 11.3. The van der Waals surface area contributed by atoms with E-state index < -0.39 is 32.3 Å². The Morgan fingerprint density at radius 2 is 2.28 bits per heavy atom. The van der Waals surface area contributed by atoms with Crippen LogP contribution in [0.4, 0.5) is 5.82 Å². The fourth-order valence-corrected chi connectivity index (χ4v) is 1.55. The Kier molecular flexibility index (Phi) is 5.00. The number of nitrogens with two attached hydrogens (primary N) is 1. The molecular weight excluding hydrogens is 265 g/mol. The van der Waals surface area contributed by atoms with E-state index in [4.69, 9.17) is 10.8 Å². The molecular formula is C8H12N3O6P-2. The molecule has 0 spiro atoms. The number of anilines is 1. The van der Waals surface area contributed by atoms with Gasteiger partial charge in [-0.25, -0.2) is 4.79 Å². The molecule has 0 bridgehead atoms. The van der Waals surface area contributed by atoms with Crippen LogP contribution in [0, 0.1) is 0 Å². The van der Waals surface area contributed by atoms with Crippen LogP contribution in [0.2, 0.25) is 0 Å². The topological polar surface area (TPSA) is 154 Å². The normalized spacial score (nSPS) is 13.5. The lowest BCUT2D eigenvalue weighted by molar-refractivity contribution is -0.319. The highest BCUT2D eigenvalue weighted by Gasteiger charge is 2.11. The Labute approximate surface area is 102 Å². The molecule has 0 aliphatic rings. The summed E-state index contributed by atoms with van der Waals surface area (Å²) in [5.41, 5.74) is 4.62. The molecule has 0 aromatic carbocycles. The van der Waals surface area contributed by atoms with Crippen molar-refractivity contribution in [2.75, 3.05) is 18.7 Å². The van der Waals surface area contributed by atoms with Gasteiger partial charge >= 0.3 is 5.69 Å². The highest BCUT2D eigenvalue weighted by molar-refractivity contribution is 7.48. The molecule has 0 saturated heterocycles. The van der Waals surface area contributed by atoms with E-state index >= 15 is 0 Å². The van der Waals surface area contributed by atoms with E-state index in [1.54, 1.807) is 0 Å². The smallest absolute Gasteiger partial charge is 0.349 e. The molecule has 9 nitrogen and oxygen atoms in total. The number of aliphatic hydroxyl groups is 1. The first-order chi connectivity index (χ1) is 8.31. The molecule has 0 aliphatic heterocycles. The summed E-state index contributed by atoms with van der Waals surface area (Å²) in [6.45, 7) is -0.681. The molecule has 0 amide bonds. The van der Waals surface area contributed by atoms with Crippen LogP contribution < -0.4 is 21.2 Å². The van der Waals surface area contributed by atoms with Gasteiger partial charge in [-0.1, -0.05) is 0 Å². The molecule has 18 heavy (non-hydrogen) atoms. The largest absolute Gasteiger partial charge is 0.809 e. The van der Waals surface area contributed by atoms with Gasteiger partial charge in [0.1, 0.15) is 5.82 Å². The molecule has 102 valence electrons. The second kappa shape index (κ2) is 6.07. The summed E-state index contributed by atoms with van der Waals surface area (Å²) in [4.78, 5) is 35.6. The standard InChI is InChI=1S/C8H14N3O6P/c9-7-1-2-11(8(13)10-7)3-6(4-12)17-5-18(14,15)16/h1-2,6,12H,3-5H2,(H2,9,10,13)(H2,14,15,16)/p-2/t6-/m0/s1. The Balaban J connectivity index is 2.68. The Bertz CT molecular complexity index is 498. The Morgan fingerprint density at radius 3 is 2.78 bits per heavy atom. The number of hydrogen-bond acceptors (Lipinski definition) is 8. The third kappa shape index (κ3) is 4.94. The molecule has 0 radical (unpaired) electrons. The second-order valence-electron chi connectivity index (χ2n) is 3.50. The van der Waals surface area contributed by atoms with Gasteiger partial charge in [-0.05, 0) is 13.7 Å². The van der Waals surface area contributed by atoms with Crippen LogP contribution in [0.5, 0.6) is 0 Å². The van der Waals surface area contributed by atoms with Gasteiger partial charge in [0, 0.05) is 6.20 Å². The molecule has 1 aromatic rings. The van der Waals surface area contributed by atoms with Crippen molar-refractivity contribution in [3.8, 4) is 0 Å². The fraction of sp³-hybridized carbons (Fsp3) is 0.500. The first-order valence-electron chi connectivity index (χ1n) is 4.88. The predicted octanol–water partition coefficient (Wildman–Crippen LogP) is -2.93. The van der Waals surface area contributed by atoms with Gasteiger partial charge in [0.15, 0.2) is 0 Å². The van der Waals surface area contributed by atoms with Crippen molar-refractivity contribution < 1.29 is 24.2 Å². The van der Waals surface area contributed by atoms with Gasteiger partial charge < -0.3 is 29.9 Å². The monoisotopic (exact) mass is 277 g/mol. The van der Waals surface area contributed by atoms with Crippen LogP contribution in [0.15, 0.2) is 17.1 Å². The van der Waals surface area contributed by atoms with Crippen molar-refractivity contribution in [2.45, 2.75) is 12.6 Å². The first kappa shape index (κ1) is 14.8. The van der Waals surface area contributed by atoms with Crippen molar-refractivity contribution in [3.63, 3.8) is 0 Å². The van der Waals surface area contributed by atoms with Gasteiger partial charge in [-0.15, -0.1) is 0 Å². The van der Waals surface area contributed by atoms with E-state index in [0.29, 0.717) is 0 Å². The predicted molar refractivity (Wildman–Crippen MR) is 57.3 cm³/mol. The zero-order valence-electron chi connectivity index (χ0n) is 9.26. The fourth-order valence-electron chi connectivity index (χ4n) is 1.16. The zero-order valence-corrected chi connectivity index (χ0v) is 10.2. The molecule has 1 heterocycles. The van der Waals surface area contributed by atoms with E-state index in [0.717, 1.165) is 4.57 Å². The highest BCUT2D eigenvalue weighted by Crippen LogP contribution is 2.23. The van der Waals surface area contributed by atoms with Crippen LogP contribution >= 0.6 is 7.60 Å².